The molecule has 0 aliphatic carbocycles. The Bertz CT molecular complexity index is 1680. The molecule has 0 aromatic rings. The van der Waals surface area contributed by atoms with Crippen LogP contribution in [0.2, 0.25) is 0 Å². The van der Waals surface area contributed by atoms with Crippen LogP contribution in [0.15, 0.2) is 0 Å². The van der Waals surface area contributed by atoms with Crippen LogP contribution in [-0.2, 0) is 47.9 Å². The number of ketones is 1. The number of carboxylic acids is 1. The number of carbonyl (C=O) groups is 10. The number of nitrogens with one attached hydrogen (secondary N) is 8. The predicted octanol–water partition coefficient (Wildman–Crippen LogP) is -5.43. The SMILES string of the molecule is CNC(C)C(=O)NCC(=O)N1CC(O)CC1C(=O)NC(CCCNC(=N)N)C(=O)NCC(=O)NC(CCC(=O)O)C(=O)N1CCCC1C(=O)NCC(=O)N1CCCC1C(C)=O. The zero-order valence-corrected chi connectivity index (χ0v) is 34.8. The Hall–Kier alpha value is -5.91. The van der Waals surface area contributed by atoms with E-state index in [9.17, 15) is 58.2 Å². The summed E-state index contributed by atoms with van der Waals surface area (Å²) in [5, 5.41) is 44.7. The van der Waals surface area contributed by atoms with Gasteiger partial charge < -0.3 is 67.9 Å². The molecule has 8 amide bonds. The Labute approximate surface area is 352 Å². The van der Waals surface area contributed by atoms with Crippen molar-refractivity contribution in [2.24, 2.45) is 5.73 Å². The first kappa shape index (κ1) is 49.5. The van der Waals surface area contributed by atoms with Crippen molar-refractivity contribution in [1.82, 2.24) is 51.9 Å². The monoisotopic (exact) mass is 864 g/mol. The van der Waals surface area contributed by atoms with Gasteiger partial charge in [-0.2, -0.15) is 0 Å². The van der Waals surface area contributed by atoms with E-state index >= 15 is 0 Å². The van der Waals surface area contributed by atoms with Crippen molar-refractivity contribution < 1.29 is 58.2 Å². The number of hydrogen-bond acceptors (Lipinski definition) is 13. The normalized spacial score (nSPS) is 21.1. The van der Waals surface area contributed by atoms with E-state index in [4.69, 9.17) is 11.1 Å². The number of amides is 8. The van der Waals surface area contributed by atoms with Crippen LogP contribution in [0, 0.1) is 5.41 Å². The molecular weight excluding hydrogens is 804 g/mol. The van der Waals surface area contributed by atoms with Gasteiger partial charge in [0.15, 0.2) is 11.7 Å². The molecule has 0 bridgehead atoms. The first-order valence-electron chi connectivity index (χ1n) is 20.3. The van der Waals surface area contributed by atoms with Crippen LogP contribution in [0.4, 0.5) is 0 Å². The Morgan fingerprint density at radius 2 is 1.38 bits per heavy atom. The molecule has 3 fully saturated rings. The average molecular weight is 865 g/mol. The minimum atomic E-state index is -1.42. The van der Waals surface area contributed by atoms with E-state index < -0.39 is 122 Å². The molecule has 0 radical (unpaired) electrons. The van der Waals surface area contributed by atoms with Crippen LogP contribution in [-0.4, -0.2) is 185 Å². The van der Waals surface area contributed by atoms with Crippen LogP contribution < -0.4 is 43.0 Å². The summed E-state index contributed by atoms with van der Waals surface area (Å²) < 4.78 is 0. The largest absolute Gasteiger partial charge is 0.481 e. The van der Waals surface area contributed by atoms with E-state index in [1.165, 1.54) is 16.7 Å². The van der Waals surface area contributed by atoms with Gasteiger partial charge in [-0.15, -0.1) is 0 Å². The fourth-order valence-corrected chi connectivity index (χ4v) is 7.39. The molecule has 24 heteroatoms. The van der Waals surface area contributed by atoms with Crippen molar-refractivity contribution in [3.8, 4) is 0 Å². The van der Waals surface area contributed by atoms with Crippen molar-refractivity contribution in [2.45, 2.75) is 114 Å². The molecule has 3 saturated heterocycles. The molecule has 7 unspecified atom stereocenters. The van der Waals surface area contributed by atoms with Crippen LogP contribution in [0.5, 0.6) is 0 Å². The second kappa shape index (κ2) is 23.8. The number of β-amino-alcohol motifs (C(OH)–C–C–N with tert-alkyl or cyclic N) is 1. The first-order valence-corrected chi connectivity index (χ1v) is 20.3. The number of guanidine groups is 1. The molecule has 3 aliphatic rings. The minimum absolute atomic E-state index is 0.0419. The van der Waals surface area contributed by atoms with Gasteiger partial charge in [0.1, 0.15) is 24.2 Å². The quantitative estimate of drug-likeness (QED) is 0.0275. The van der Waals surface area contributed by atoms with Crippen LogP contribution in [0.25, 0.3) is 0 Å². The van der Waals surface area contributed by atoms with Crippen LogP contribution >= 0.6 is 0 Å². The van der Waals surface area contributed by atoms with Gasteiger partial charge in [-0.05, 0) is 65.8 Å². The average Bonchev–Trinajstić information content (AvgIpc) is 4.00. The highest BCUT2D eigenvalue weighted by atomic mass is 16.4. The summed E-state index contributed by atoms with van der Waals surface area (Å²) in [7, 11) is 1.56. The number of likely N-dealkylation sites (tertiary alicyclic amines) is 3. The van der Waals surface area contributed by atoms with Crippen LogP contribution in [0.3, 0.4) is 0 Å². The van der Waals surface area contributed by atoms with Crippen molar-refractivity contribution in [2.75, 3.05) is 52.9 Å². The summed E-state index contributed by atoms with van der Waals surface area (Å²) in [5.74, 6) is -7.26. The molecule has 340 valence electrons. The van der Waals surface area contributed by atoms with Gasteiger partial charge >= 0.3 is 5.97 Å². The lowest BCUT2D eigenvalue weighted by Crippen LogP contribution is -2.56. The number of nitrogens with zero attached hydrogens (tertiary/aromatic N) is 3. The maximum absolute atomic E-state index is 13.8. The number of nitrogens with two attached hydrogens (primary N) is 1. The van der Waals surface area contributed by atoms with Crippen molar-refractivity contribution in [3.05, 3.63) is 0 Å². The summed E-state index contributed by atoms with van der Waals surface area (Å²) in [6.07, 6.45) is -0.172. The van der Waals surface area contributed by atoms with Gasteiger partial charge in [-0.3, -0.25) is 53.4 Å². The molecule has 0 aromatic carbocycles. The Morgan fingerprint density at radius 1 is 0.754 bits per heavy atom. The second-order valence-corrected chi connectivity index (χ2v) is 15.3. The third-order valence-corrected chi connectivity index (χ3v) is 10.8. The molecule has 0 spiro atoms. The number of likely N-dealkylation sites (N-methyl/N-ethyl adjacent to an activating group) is 1. The standard InChI is InChI=1S/C37H60N12O12/c1-20(40-3)32(57)43-18-30(54)49-19-22(51)15-27(49)35(60)46-23(7-4-12-41-37(38)39)33(58)42-16-28(52)45-24(10-11-31(55)56)36(61)48-14-6-9-26(48)34(59)44-17-29(53)47-13-5-8-25(47)21(2)50/h20,22-27,40,51H,4-19H2,1-3H3,(H,42,58)(H,43,57)(H,44,59)(H,45,52)(H,46,60)(H,55,56)(H4,38,39,41). The summed E-state index contributed by atoms with van der Waals surface area (Å²) in [5.41, 5.74) is 5.34. The maximum Gasteiger partial charge on any atom is 0.303 e. The number of carboxylic acid groups (broad SMARTS) is 1. The number of aliphatic hydroxyl groups is 1. The van der Waals surface area contributed by atoms with Gasteiger partial charge in [0.05, 0.1) is 37.8 Å². The molecule has 61 heavy (non-hydrogen) atoms. The minimum Gasteiger partial charge on any atom is -0.481 e. The second-order valence-electron chi connectivity index (χ2n) is 15.3. The van der Waals surface area contributed by atoms with E-state index in [-0.39, 0.29) is 63.5 Å². The van der Waals surface area contributed by atoms with E-state index in [1.807, 2.05) is 0 Å². The van der Waals surface area contributed by atoms with Crippen molar-refractivity contribution in [3.63, 3.8) is 0 Å². The van der Waals surface area contributed by atoms with Gasteiger partial charge in [-0.1, -0.05) is 0 Å². The lowest BCUT2D eigenvalue weighted by atomic mass is 10.1. The zero-order valence-electron chi connectivity index (χ0n) is 34.8. The lowest BCUT2D eigenvalue weighted by Gasteiger charge is -2.29. The Morgan fingerprint density at radius 3 is 2.02 bits per heavy atom. The topological polar surface area (TPSA) is 355 Å². The molecule has 3 rings (SSSR count). The number of aliphatic carboxylic acids is 1. The third kappa shape index (κ3) is 14.9. The van der Waals surface area contributed by atoms with Gasteiger partial charge in [0.25, 0.3) is 0 Å². The van der Waals surface area contributed by atoms with E-state index in [0.717, 1.165) is 4.90 Å². The van der Waals surface area contributed by atoms with Gasteiger partial charge in [-0.25, -0.2) is 0 Å². The highest BCUT2D eigenvalue weighted by molar-refractivity contribution is 5.97. The third-order valence-electron chi connectivity index (χ3n) is 10.8. The molecule has 24 nitrogen and oxygen atoms in total. The predicted molar refractivity (Wildman–Crippen MR) is 214 cm³/mol. The molecule has 3 heterocycles. The smallest absolute Gasteiger partial charge is 0.303 e. The van der Waals surface area contributed by atoms with E-state index in [1.54, 1.807) is 14.0 Å². The van der Waals surface area contributed by atoms with Gasteiger partial charge in [0, 0.05) is 39.0 Å². The number of hydrogen-bond donors (Lipinski definition) is 11. The first-order chi connectivity index (χ1) is 28.8. The zero-order chi connectivity index (χ0) is 45.4. The van der Waals surface area contributed by atoms with Crippen molar-refractivity contribution in [1.29, 1.82) is 5.41 Å². The number of aliphatic hydroxyl groups excluding tert-OH is 1. The van der Waals surface area contributed by atoms with E-state index in [0.29, 0.717) is 25.8 Å². The number of rotatable bonds is 22. The highest BCUT2D eigenvalue weighted by Gasteiger charge is 2.41. The molecule has 0 aromatic heterocycles. The summed E-state index contributed by atoms with van der Waals surface area (Å²) in [6.45, 7) is 1.79. The maximum atomic E-state index is 13.8. The lowest BCUT2D eigenvalue weighted by molar-refractivity contribution is -0.143. The van der Waals surface area contributed by atoms with Crippen molar-refractivity contribution >= 4 is 65.0 Å². The summed E-state index contributed by atoms with van der Waals surface area (Å²) >= 11 is 0. The molecule has 0 saturated carbocycles. The van der Waals surface area contributed by atoms with Gasteiger partial charge in [0.2, 0.25) is 47.3 Å². The molecule has 7 atom stereocenters. The molecular formula is C37H60N12O12. The molecule has 3 aliphatic heterocycles. The Kier molecular flexibility index (Phi) is 19.3. The highest BCUT2D eigenvalue weighted by Crippen LogP contribution is 2.22. The number of carbonyl (C=O) groups excluding carboxylic acids is 9. The summed E-state index contributed by atoms with van der Waals surface area (Å²) in [4.78, 5) is 132. The number of Topliss-reactive ketones (excluding diaryl/α,β-unsaturated/α-hetero) is 1. The summed E-state index contributed by atoms with van der Waals surface area (Å²) in [6, 6.07) is -6.13. The Balaban J connectivity index is 1.65. The van der Waals surface area contributed by atoms with E-state index in [2.05, 4.69) is 37.2 Å². The fourth-order valence-electron chi connectivity index (χ4n) is 7.39. The van der Waals surface area contributed by atoms with Crippen LogP contribution in [0.1, 0.15) is 71.6 Å². The fraction of sp³-hybridized carbons (Fsp3) is 0.703. The molecule has 12 N–H and O–H groups in total.